The second-order valence-electron chi connectivity index (χ2n) is 6.21. The van der Waals surface area contributed by atoms with Crippen LogP contribution in [0.15, 0.2) is 72.4 Å². The fourth-order valence-electron chi connectivity index (χ4n) is 3.44. The third kappa shape index (κ3) is 2.20. The Morgan fingerprint density at radius 2 is 1.81 bits per heavy atom. The standard InChI is InChI=1S/C20H16N4O.H2O/c1-23-12-14-7-2-4-8-16(14)18-19(23)20(25)24(22-18)15-10-13-6-3-5-9-17(13)21-11-15;/h2-12,22,25H,1H3;1H2. The van der Waals surface area contributed by atoms with Gasteiger partial charge in [0.2, 0.25) is 5.88 Å². The third-order valence-electron chi connectivity index (χ3n) is 4.63. The molecular formula is C20H18N4O2. The summed E-state index contributed by atoms with van der Waals surface area (Å²) in [7, 11) is 1.94. The Hall–Kier alpha value is -3.51. The van der Waals surface area contributed by atoms with E-state index in [9.17, 15) is 5.11 Å². The van der Waals surface area contributed by atoms with E-state index in [1.54, 1.807) is 11.2 Å². The van der Waals surface area contributed by atoms with Gasteiger partial charge in [0.1, 0.15) is 5.70 Å². The van der Waals surface area contributed by atoms with E-state index in [0.717, 1.165) is 38.4 Å². The van der Waals surface area contributed by atoms with Gasteiger partial charge in [-0.15, -0.1) is 0 Å². The monoisotopic (exact) mass is 346 g/mol. The van der Waals surface area contributed by atoms with Gasteiger partial charge in [0.05, 0.1) is 23.1 Å². The summed E-state index contributed by atoms with van der Waals surface area (Å²) in [6.07, 6.45) is 3.79. The molecule has 2 aromatic carbocycles. The number of hydrazine groups is 1. The molecule has 6 heteroatoms. The number of hydrogen-bond acceptors (Lipinski definition) is 5. The van der Waals surface area contributed by atoms with Gasteiger partial charge in [0.15, 0.2) is 0 Å². The van der Waals surface area contributed by atoms with Crippen LogP contribution in [0, 0.1) is 0 Å². The lowest BCUT2D eigenvalue weighted by molar-refractivity contribution is 0.376. The van der Waals surface area contributed by atoms with Crippen molar-refractivity contribution < 1.29 is 10.6 Å². The molecule has 0 aliphatic carbocycles. The first-order valence-electron chi connectivity index (χ1n) is 8.11. The summed E-state index contributed by atoms with van der Waals surface area (Å²) in [6.45, 7) is 0. The van der Waals surface area contributed by atoms with Gasteiger partial charge in [0.25, 0.3) is 0 Å². The SMILES string of the molecule is CN1C=c2ccccc2=C2NN(c3cnc4ccccc4c3)C(O)=C21.O. The molecule has 4 N–H and O–H groups in total. The minimum Gasteiger partial charge on any atom is -0.492 e. The maximum atomic E-state index is 10.8. The number of anilines is 1. The number of para-hydroxylation sites is 1. The maximum absolute atomic E-state index is 10.8. The van der Waals surface area contributed by atoms with Crippen LogP contribution in [0.4, 0.5) is 5.69 Å². The van der Waals surface area contributed by atoms with Gasteiger partial charge in [-0.1, -0.05) is 42.5 Å². The van der Waals surface area contributed by atoms with E-state index in [1.807, 2.05) is 60.6 Å². The van der Waals surface area contributed by atoms with E-state index in [0.29, 0.717) is 0 Å². The highest BCUT2D eigenvalue weighted by molar-refractivity contribution is 5.83. The lowest BCUT2D eigenvalue weighted by atomic mass is 10.1. The van der Waals surface area contributed by atoms with Gasteiger partial charge in [-0.25, -0.2) is 5.01 Å². The number of benzene rings is 2. The van der Waals surface area contributed by atoms with Crippen molar-refractivity contribution in [2.24, 2.45) is 0 Å². The molecule has 130 valence electrons. The van der Waals surface area contributed by atoms with E-state index in [2.05, 4.69) is 22.5 Å². The highest BCUT2D eigenvalue weighted by Crippen LogP contribution is 2.31. The fraction of sp³-hybridized carbons (Fsp3) is 0.0500. The molecule has 0 atom stereocenters. The lowest BCUT2D eigenvalue weighted by Crippen LogP contribution is -2.40. The fourth-order valence-corrected chi connectivity index (χ4v) is 3.44. The van der Waals surface area contributed by atoms with Crippen LogP contribution in [0.25, 0.3) is 22.8 Å². The van der Waals surface area contributed by atoms with Crippen LogP contribution < -0.4 is 20.9 Å². The van der Waals surface area contributed by atoms with Gasteiger partial charge < -0.3 is 15.5 Å². The zero-order valence-electron chi connectivity index (χ0n) is 14.1. The molecule has 0 spiro atoms. The second kappa shape index (κ2) is 5.79. The smallest absolute Gasteiger partial charge is 0.237 e. The number of likely N-dealkylation sites (N-methyl/N-ethyl adjacent to an activating group) is 1. The first kappa shape index (κ1) is 16.0. The Kier molecular flexibility index (Phi) is 3.56. The Morgan fingerprint density at radius 1 is 1.04 bits per heavy atom. The first-order valence-corrected chi connectivity index (χ1v) is 8.11. The molecule has 2 aliphatic heterocycles. The molecule has 0 bridgehead atoms. The van der Waals surface area contributed by atoms with Crippen LogP contribution in [0.3, 0.4) is 0 Å². The summed E-state index contributed by atoms with van der Waals surface area (Å²) in [5.74, 6) is 0.167. The molecule has 0 radical (unpaired) electrons. The van der Waals surface area contributed by atoms with Gasteiger partial charge in [-0.2, -0.15) is 0 Å². The van der Waals surface area contributed by atoms with Crippen molar-refractivity contribution in [3.8, 4) is 0 Å². The zero-order valence-corrected chi connectivity index (χ0v) is 14.1. The number of nitrogens with zero attached hydrogens (tertiary/aromatic N) is 3. The van der Waals surface area contributed by atoms with Gasteiger partial charge in [0, 0.05) is 29.1 Å². The lowest BCUT2D eigenvalue weighted by Gasteiger charge is -2.20. The van der Waals surface area contributed by atoms with Crippen molar-refractivity contribution in [3.63, 3.8) is 0 Å². The van der Waals surface area contributed by atoms with Crippen LogP contribution in [-0.4, -0.2) is 27.5 Å². The number of rotatable bonds is 1. The topological polar surface area (TPSA) is 83.1 Å². The molecule has 6 nitrogen and oxygen atoms in total. The molecule has 3 aromatic rings. The number of fused-ring (bicyclic) bond motifs is 3. The summed E-state index contributed by atoms with van der Waals surface area (Å²) in [6, 6.07) is 18.1. The van der Waals surface area contributed by atoms with Crippen molar-refractivity contribution in [2.45, 2.75) is 0 Å². The quantitative estimate of drug-likeness (QED) is 0.686. The number of nitrogens with one attached hydrogen (secondary N) is 1. The molecule has 3 heterocycles. The van der Waals surface area contributed by atoms with E-state index >= 15 is 0 Å². The molecule has 0 saturated carbocycles. The molecule has 5 rings (SSSR count). The van der Waals surface area contributed by atoms with E-state index < -0.39 is 0 Å². The maximum Gasteiger partial charge on any atom is 0.237 e. The van der Waals surface area contributed by atoms with E-state index in [4.69, 9.17) is 0 Å². The number of aliphatic hydroxyl groups excluding tert-OH is 1. The molecule has 1 aromatic heterocycles. The molecule has 0 saturated heterocycles. The zero-order chi connectivity index (χ0) is 17.0. The van der Waals surface area contributed by atoms with Crippen LogP contribution >= 0.6 is 0 Å². The second-order valence-corrected chi connectivity index (χ2v) is 6.21. The van der Waals surface area contributed by atoms with Crippen LogP contribution in [-0.2, 0) is 0 Å². The Labute approximate surface area is 149 Å². The number of aromatic nitrogens is 1. The van der Waals surface area contributed by atoms with E-state index in [1.165, 1.54) is 0 Å². The Bertz CT molecular complexity index is 1170. The Balaban J connectivity index is 0.00000168. The number of hydrogen-bond donors (Lipinski definition) is 2. The van der Waals surface area contributed by atoms with Crippen LogP contribution in [0.1, 0.15) is 0 Å². The molecule has 0 fully saturated rings. The highest BCUT2D eigenvalue weighted by atomic mass is 16.3. The van der Waals surface area contributed by atoms with Crippen molar-refractivity contribution in [1.29, 1.82) is 0 Å². The van der Waals surface area contributed by atoms with Crippen molar-refractivity contribution in [1.82, 2.24) is 15.3 Å². The summed E-state index contributed by atoms with van der Waals surface area (Å²) >= 11 is 0. The minimum absolute atomic E-state index is 0. The molecule has 0 amide bonds. The predicted molar refractivity (Wildman–Crippen MR) is 102 cm³/mol. The highest BCUT2D eigenvalue weighted by Gasteiger charge is 2.32. The normalized spacial score (nSPS) is 15.2. The summed E-state index contributed by atoms with van der Waals surface area (Å²) in [5, 5.41) is 15.7. The van der Waals surface area contributed by atoms with Gasteiger partial charge >= 0.3 is 0 Å². The first-order chi connectivity index (χ1) is 12.2. The average Bonchev–Trinajstić information content (AvgIpc) is 3.00. The van der Waals surface area contributed by atoms with E-state index in [-0.39, 0.29) is 11.4 Å². The summed E-state index contributed by atoms with van der Waals surface area (Å²) in [5.41, 5.74) is 6.70. The third-order valence-corrected chi connectivity index (χ3v) is 4.63. The summed E-state index contributed by atoms with van der Waals surface area (Å²) < 4.78 is 0. The number of aliphatic hydroxyl groups is 1. The minimum atomic E-state index is 0. The van der Waals surface area contributed by atoms with Crippen molar-refractivity contribution >= 4 is 28.5 Å². The summed E-state index contributed by atoms with van der Waals surface area (Å²) in [4.78, 5) is 6.43. The molecule has 26 heavy (non-hydrogen) atoms. The molecular weight excluding hydrogens is 328 g/mol. The van der Waals surface area contributed by atoms with Crippen LogP contribution in [0.5, 0.6) is 0 Å². The molecule has 0 unspecified atom stereocenters. The largest absolute Gasteiger partial charge is 0.492 e. The van der Waals surface area contributed by atoms with Crippen molar-refractivity contribution in [2.75, 3.05) is 12.1 Å². The average molecular weight is 346 g/mol. The van der Waals surface area contributed by atoms with Crippen LogP contribution in [0.2, 0.25) is 0 Å². The van der Waals surface area contributed by atoms with Gasteiger partial charge in [-0.3, -0.25) is 10.4 Å². The molecule has 2 aliphatic rings. The van der Waals surface area contributed by atoms with Crippen molar-refractivity contribution in [3.05, 3.63) is 82.8 Å². The Morgan fingerprint density at radius 3 is 2.69 bits per heavy atom. The predicted octanol–water partition coefficient (Wildman–Crippen LogP) is 0.954. The number of pyridine rings is 1. The van der Waals surface area contributed by atoms with Gasteiger partial charge in [-0.05, 0) is 12.1 Å².